The van der Waals surface area contributed by atoms with Crippen LogP contribution in [0, 0.1) is 11.2 Å². The third kappa shape index (κ3) is 2.51. The van der Waals surface area contributed by atoms with Gasteiger partial charge in [0, 0.05) is 18.5 Å². The predicted molar refractivity (Wildman–Crippen MR) is 71.6 cm³/mol. The van der Waals surface area contributed by atoms with E-state index in [4.69, 9.17) is 4.74 Å². The number of hydrogen-bond donors (Lipinski definition) is 1. The van der Waals surface area contributed by atoms with Gasteiger partial charge in [-0.15, -0.1) is 0 Å². The summed E-state index contributed by atoms with van der Waals surface area (Å²) in [5.74, 6) is 0.0324. The molecular weight excluding hydrogens is 229 g/mol. The van der Waals surface area contributed by atoms with E-state index in [1.54, 1.807) is 12.1 Å². The smallest absolute Gasteiger partial charge is 0.165 e. The highest BCUT2D eigenvalue weighted by molar-refractivity contribution is 5.34. The second-order valence-electron chi connectivity index (χ2n) is 6.35. The topological polar surface area (TPSA) is 21.3 Å². The molecule has 0 spiro atoms. The van der Waals surface area contributed by atoms with Crippen molar-refractivity contribution in [3.8, 4) is 5.75 Å². The maximum Gasteiger partial charge on any atom is 0.165 e. The first kappa shape index (κ1) is 13.3. The summed E-state index contributed by atoms with van der Waals surface area (Å²) in [4.78, 5) is 0. The molecule has 1 aromatic carbocycles. The molecule has 1 unspecified atom stereocenters. The number of halogens is 1. The summed E-state index contributed by atoms with van der Waals surface area (Å²) in [6.45, 7) is 8.60. The van der Waals surface area contributed by atoms with Crippen molar-refractivity contribution in [2.45, 2.75) is 32.6 Å². The summed E-state index contributed by atoms with van der Waals surface area (Å²) >= 11 is 0. The van der Waals surface area contributed by atoms with E-state index < -0.39 is 0 Å². The van der Waals surface area contributed by atoms with Crippen LogP contribution in [0.1, 0.15) is 32.8 Å². The molecule has 1 saturated heterocycles. The average molecular weight is 251 g/mol. The van der Waals surface area contributed by atoms with Gasteiger partial charge >= 0.3 is 0 Å². The van der Waals surface area contributed by atoms with Crippen molar-refractivity contribution >= 4 is 0 Å². The van der Waals surface area contributed by atoms with E-state index >= 15 is 0 Å². The number of ether oxygens (including phenoxy) is 1. The molecule has 0 amide bonds. The predicted octanol–water partition coefficient (Wildman–Crippen LogP) is 3.11. The molecule has 1 aliphatic heterocycles. The SMILES string of the molecule is COc1ccc(C2(C)CNCC(C)(C)C2)cc1F. The fourth-order valence-corrected chi connectivity index (χ4v) is 3.10. The van der Waals surface area contributed by atoms with Crippen LogP contribution in [-0.2, 0) is 5.41 Å². The number of hydrogen-bond acceptors (Lipinski definition) is 2. The number of rotatable bonds is 2. The van der Waals surface area contributed by atoms with Crippen LogP contribution in [0.4, 0.5) is 4.39 Å². The quantitative estimate of drug-likeness (QED) is 0.872. The minimum Gasteiger partial charge on any atom is -0.494 e. The van der Waals surface area contributed by atoms with Gasteiger partial charge in [0.2, 0.25) is 0 Å². The van der Waals surface area contributed by atoms with E-state index in [0.29, 0.717) is 5.75 Å². The molecule has 0 aliphatic carbocycles. The highest BCUT2D eigenvalue weighted by Gasteiger charge is 2.37. The Morgan fingerprint density at radius 2 is 1.94 bits per heavy atom. The van der Waals surface area contributed by atoms with Crippen LogP contribution in [-0.4, -0.2) is 20.2 Å². The molecule has 18 heavy (non-hydrogen) atoms. The Morgan fingerprint density at radius 1 is 1.22 bits per heavy atom. The van der Waals surface area contributed by atoms with E-state index in [-0.39, 0.29) is 16.6 Å². The van der Waals surface area contributed by atoms with Crippen molar-refractivity contribution in [1.29, 1.82) is 0 Å². The van der Waals surface area contributed by atoms with Gasteiger partial charge < -0.3 is 10.1 Å². The Balaban J connectivity index is 2.32. The van der Waals surface area contributed by atoms with Gasteiger partial charge in [-0.05, 0) is 29.5 Å². The molecule has 0 aromatic heterocycles. The minimum atomic E-state index is -0.278. The van der Waals surface area contributed by atoms with Gasteiger partial charge in [0.25, 0.3) is 0 Å². The molecule has 1 fully saturated rings. The van der Waals surface area contributed by atoms with Gasteiger partial charge in [0.15, 0.2) is 11.6 Å². The molecule has 2 nitrogen and oxygen atoms in total. The summed E-state index contributed by atoms with van der Waals surface area (Å²) in [6, 6.07) is 5.31. The van der Waals surface area contributed by atoms with Crippen molar-refractivity contribution in [3.63, 3.8) is 0 Å². The Bertz CT molecular complexity index is 444. The van der Waals surface area contributed by atoms with Crippen LogP contribution in [0.25, 0.3) is 0 Å². The maximum absolute atomic E-state index is 13.8. The molecule has 2 rings (SSSR count). The third-order valence-corrected chi connectivity index (χ3v) is 3.84. The second kappa shape index (κ2) is 4.54. The van der Waals surface area contributed by atoms with Crippen molar-refractivity contribution < 1.29 is 9.13 Å². The van der Waals surface area contributed by atoms with Crippen LogP contribution in [0.2, 0.25) is 0 Å². The van der Waals surface area contributed by atoms with Gasteiger partial charge in [0.1, 0.15) is 0 Å². The first-order valence-electron chi connectivity index (χ1n) is 6.41. The molecule has 1 heterocycles. The van der Waals surface area contributed by atoms with Crippen LogP contribution >= 0.6 is 0 Å². The van der Waals surface area contributed by atoms with Gasteiger partial charge in [-0.1, -0.05) is 26.8 Å². The lowest BCUT2D eigenvalue weighted by Gasteiger charge is -2.43. The summed E-state index contributed by atoms with van der Waals surface area (Å²) < 4.78 is 18.8. The Morgan fingerprint density at radius 3 is 2.50 bits per heavy atom. The van der Waals surface area contributed by atoms with Crippen LogP contribution < -0.4 is 10.1 Å². The molecule has 0 saturated carbocycles. The molecule has 0 radical (unpaired) electrons. The Kier molecular flexibility index (Phi) is 3.37. The number of benzene rings is 1. The normalized spacial score (nSPS) is 26.9. The fraction of sp³-hybridized carbons (Fsp3) is 0.600. The van der Waals surface area contributed by atoms with Crippen LogP contribution in [0.15, 0.2) is 18.2 Å². The average Bonchev–Trinajstić information content (AvgIpc) is 2.27. The second-order valence-corrected chi connectivity index (χ2v) is 6.35. The largest absolute Gasteiger partial charge is 0.494 e. The standard InChI is InChI=1S/C15H22FNO/c1-14(2)8-15(3,10-17-9-14)11-5-6-13(18-4)12(16)7-11/h5-7,17H,8-10H2,1-4H3. The van der Waals surface area contributed by atoms with Crippen molar-refractivity contribution in [1.82, 2.24) is 5.32 Å². The Labute approximate surface area is 109 Å². The number of piperidine rings is 1. The van der Waals surface area contributed by atoms with Crippen molar-refractivity contribution in [2.24, 2.45) is 5.41 Å². The zero-order valence-corrected chi connectivity index (χ0v) is 11.6. The van der Waals surface area contributed by atoms with E-state index in [9.17, 15) is 4.39 Å². The number of nitrogens with one attached hydrogen (secondary N) is 1. The van der Waals surface area contributed by atoms with Crippen LogP contribution in [0.5, 0.6) is 5.75 Å². The minimum absolute atomic E-state index is 0.0190. The lowest BCUT2D eigenvalue weighted by Crippen LogP contribution is -2.49. The molecule has 1 atom stereocenters. The highest BCUT2D eigenvalue weighted by Crippen LogP contribution is 2.39. The van der Waals surface area contributed by atoms with Crippen molar-refractivity contribution in [3.05, 3.63) is 29.6 Å². The molecule has 100 valence electrons. The molecule has 3 heteroatoms. The lowest BCUT2D eigenvalue weighted by molar-refractivity contribution is 0.179. The zero-order chi connectivity index (χ0) is 13.4. The number of methoxy groups -OCH3 is 1. The van der Waals surface area contributed by atoms with Gasteiger partial charge in [-0.2, -0.15) is 0 Å². The highest BCUT2D eigenvalue weighted by atomic mass is 19.1. The summed E-state index contributed by atoms with van der Waals surface area (Å²) in [7, 11) is 1.49. The van der Waals surface area contributed by atoms with E-state index in [2.05, 4.69) is 26.1 Å². The molecule has 0 bridgehead atoms. The molecule has 1 aliphatic rings. The van der Waals surface area contributed by atoms with E-state index in [0.717, 1.165) is 25.1 Å². The summed E-state index contributed by atoms with van der Waals surface area (Å²) in [5, 5.41) is 3.46. The third-order valence-electron chi connectivity index (χ3n) is 3.84. The molecular formula is C15H22FNO. The first-order valence-corrected chi connectivity index (χ1v) is 6.41. The summed E-state index contributed by atoms with van der Waals surface area (Å²) in [5.41, 5.74) is 1.26. The zero-order valence-electron chi connectivity index (χ0n) is 11.6. The monoisotopic (exact) mass is 251 g/mol. The van der Waals surface area contributed by atoms with Gasteiger partial charge in [0.05, 0.1) is 7.11 Å². The van der Waals surface area contributed by atoms with Gasteiger partial charge in [-0.25, -0.2) is 4.39 Å². The van der Waals surface area contributed by atoms with Crippen LogP contribution in [0.3, 0.4) is 0 Å². The van der Waals surface area contributed by atoms with Gasteiger partial charge in [-0.3, -0.25) is 0 Å². The van der Waals surface area contributed by atoms with Crippen molar-refractivity contribution in [2.75, 3.05) is 20.2 Å². The molecule has 1 aromatic rings. The Hall–Kier alpha value is -1.09. The first-order chi connectivity index (χ1) is 8.36. The fourth-order valence-electron chi connectivity index (χ4n) is 3.10. The van der Waals surface area contributed by atoms with E-state index in [1.165, 1.54) is 7.11 Å². The lowest BCUT2D eigenvalue weighted by atomic mass is 9.67. The maximum atomic E-state index is 13.8. The van der Waals surface area contributed by atoms with E-state index in [1.807, 2.05) is 6.07 Å². The molecule has 1 N–H and O–H groups in total. The summed E-state index contributed by atoms with van der Waals surface area (Å²) in [6.07, 6.45) is 1.05.